The van der Waals surface area contributed by atoms with Crippen LogP contribution in [0.4, 0.5) is 0 Å². The maximum absolute atomic E-state index is 5.86. The molecule has 0 saturated carbocycles. The summed E-state index contributed by atoms with van der Waals surface area (Å²) in [6.45, 7) is 0. The van der Waals surface area contributed by atoms with Gasteiger partial charge in [-0.15, -0.1) is 11.3 Å². The maximum Gasteiger partial charge on any atom is 0.184 e. The average molecular weight is 204 g/mol. The quantitative estimate of drug-likeness (QED) is 0.638. The van der Waals surface area contributed by atoms with Gasteiger partial charge in [-0.1, -0.05) is 29.3 Å². The molecule has 0 aliphatic heterocycles. The van der Waals surface area contributed by atoms with Crippen molar-refractivity contribution in [3.8, 4) is 0 Å². The van der Waals surface area contributed by atoms with Gasteiger partial charge in [-0.2, -0.15) is 0 Å². The van der Waals surface area contributed by atoms with Crippen molar-refractivity contribution in [1.82, 2.24) is 4.98 Å². The minimum Gasteiger partial charge on any atom is -0.223 e. The highest BCUT2D eigenvalue weighted by Gasteiger charge is 2.03. The van der Waals surface area contributed by atoms with E-state index in [9.17, 15) is 0 Å². The summed E-state index contributed by atoms with van der Waals surface area (Å²) in [6.07, 6.45) is 0. The van der Waals surface area contributed by atoms with Gasteiger partial charge < -0.3 is 0 Å². The Bertz CT molecular complexity index is 396. The van der Waals surface area contributed by atoms with E-state index < -0.39 is 0 Å². The summed E-state index contributed by atoms with van der Waals surface area (Å²) in [4.78, 5) is 4.06. The number of benzene rings is 1. The summed E-state index contributed by atoms with van der Waals surface area (Å²) in [7, 11) is 0. The van der Waals surface area contributed by atoms with E-state index in [2.05, 4.69) is 4.98 Å². The number of nitrogens with zero attached hydrogens (tertiary/aromatic N) is 1. The maximum atomic E-state index is 5.86. The topological polar surface area (TPSA) is 12.9 Å². The second-order valence-electron chi connectivity index (χ2n) is 2.05. The highest BCUT2D eigenvalue weighted by atomic mass is 35.5. The first-order valence-electron chi connectivity index (χ1n) is 2.98. The van der Waals surface area contributed by atoms with Gasteiger partial charge in [0.1, 0.15) is 5.52 Å². The predicted octanol–water partition coefficient (Wildman–Crippen LogP) is 3.60. The first-order chi connectivity index (χ1) is 5.27. The van der Waals surface area contributed by atoms with Gasteiger partial charge in [-0.3, -0.25) is 0 Å². The number of fused-ring (bicyclic) bond motifs is 1. The van der Waals surface area contributed by atoms with Gasteiger partial charge in [0.15, 0.2) is 4.47 Å². The van der Waals surface area contributed by atoms with Gasteiger partial charge >= 0.3 is 0 Å². The third-order valence-electron chi connectivity index (χ3n) is 1.34. The lowest BCUT2D eigenvalue weighted by atomic mass is 10.3. The smallest absolute Gasteiger partial charge is 0.184 e. The summed E-state index contributed by atoms with van der Waals surface area (Å²) in [6, 6.07) is 5.64. The summed E-state index contributed by atoms with van der Waals surface area (Å²) in [5.41, 5.74) is 0.796. The summed E-state index contributed by atoms with van der Waals surface area (Å²) < 4.78 is 1.57. The van der Waals surface area contributed by atoms with Crippen molar-refractivity contribution in [3.05, 3.63) is 27.7 Å². The highest BCUT2D eigenvalue weighted by molar-refractivity contribution is 7.22. The molecule has 0 aliphatic rings. The molecule has 1 nitrogen and oxygen atoms in total. The third-order valence-corrected chi connectivity index (χ3v) is 2.77. The molecule has 4 heteroatoms. The predicted molar refractivity (Wildman–Crippen MR) is 49.6 cm³/mol. The van der Waals surface area contributed by atoms with Crippen molar-refractivity contribution in [2.45, 2.75) is 0 Å². The van der Waals surface area contributed by atoms with Gasteiger partial charge in [-0.25, -0.2) is 4.98 Å². The summed E-state index contributed by atoms with van der Waals surface area (Å²) in [5, 5.41) is 0.658. The first kappa shape index (κ1) is 7.35. The number of rotatable bonds is 0. The van der Waals surface area contributed by atoms with E-state index in [4.69, 9.17) is 23.2 Å². The Balaban J connectivity index is 2.90. The van der Waals surface area contributed by atoms with E-state index in [0.717, 1.165) is 10.2 Å². The molecule has 0 radical (unpaired) electrons. The van der Waals surface area contributed by atoms with E-state index in [1.165, 1.54) is 11.3 Å². The van der Waals surface area contributed by atoms with Crippen LogP contribution in [0.5, 0.6) is 0 Å². The number of aromatic nitrogens is 1. The van der Waals surface area contributed by atoms with Crippen LogP contribution in [0.1, 0.15) is 0 Å². The van der Waals surface area contributed by atoms with Crippen LogP contribution in [-0.2, 0) is 0 Å². The fraction of sp³-hybridized carbons (Fsp3) is 0. The number of hydrogen-bond acceptors (Lipinski definition) is 2. The van der Waals surface area contributed by atoms with Gasteiger partial charge in [0, 0.05) is 0 Å². The molecular formula is C7H3Cl2NS. The molecule has 0 amide bonds. The van der Waals surface area contributed by atoms with Gasteiger partial charge in [0.2, 0.25) is 0 Å². The third kappa shape index (κ3) is 1.22. The minimum absolute atomic E-state index is 0.535. The zero-order valence-corrected chi connectivity index (χ0v) is 7.67. The van der Waals surface area contributed by atoms with E-state index in [1.807, 2.05) is 12.1 Å². The minimum atomic E-state index is 0.535. The lowest BCUT2D eigenvalue weighted by Gasteiger charge is -1.87. The molecule has 0 aliphatic carbocycles. The Morgan fingerprint density at radius 2 is 2.09 bits per heavy atom. The van der Waals surface area contributed by atoms with Gasteiger partial charge in [-0.05, 0) is 12.1 Å². The number of para-hydroxylation sites is 1. The molecule has 2 aromatic rings. The molecule has 0 bridgehead atoms. The van der Waals surface area contributed by atoms with Crippen molar-refractivity contribution in [2.24, 2.45) is 0 Å². The Hall–Kier alpha value is -0.310. The second-order valence-corrected chi connectivity index (χ2v) is 4.07. The molecule has 2 rings (SSSR count). The van der Waals surface area contributed by atoms with Crippen LogP contribution < -0.4 is 0 Å². The van der Waals surface area contributed by atoms with Crippen molar-refractivity contribution >= 4 is 44.8 Å². The Morgan fingerprint density at radius 3 is 2.82 bits per heavy atom. The molecule has 0 spiro atoms. The van der Waals surface area contributed by atoms with Crippen molar-refractivity contribution in [2.75, 3.05) is 0 Å². The monoisotopic (exact) mass is 203 g/mol. The normalized spacial score (nSPS) is 10.7. The van der Waals surface area contributed by atoms with E-state index >= 15 is 0 Å². The standard InChI is InChI=1S/C7H3Cl2NS/c8-4-2-1-3-5-6(4)10-7(9)11-5/h1-3H. The Morgan fingerprint density at radius 1 is 1.27 bits per heavy atom. The molecule has 1 aromatic heterocycles. The van der Waals surface area contributed by atoms with Gasteiger partial charge in [0.05, 0.1) is 9.72 Å². The molecule has 56 valence electrons. The molecule has 0 fully saturated rings. The van der Waals surface area contributed by atoms with E-state index in [-0.39, 0.29) is 0 Å². The van der Waals surface area contributed by atoms with Gasteiger partial charge in [0.25, 0.3) is 0 Å². The number of halogens is 2. The zero-order valence-electron chi connectivity index (χ0n) is 5.34. The second kappa shape index (κ2) is 2.63. The molecule has 0 unspecified atom stereocenters. The van der Waals surface area contributed by atoms with Crippen molar-refractivity contribution < 1.29 is 0 Å². The fourth-order valence-electron chi connectivity index (χ4n) is 0.888. The fourth-order valence-corrected chi connectivity index (χ4v) is 2.21. The van der Waals surface area contributed by atoms with Crippen molar-refractivity contribution in [3.63, 3.8) is 0 Å². The average Bonchev–Trinajstić information content (AvgIpc) is 2.31. The molecule has 1 aromatic carbocycles. The van der Waals surface area contributed by atoms with E-state index in [1.54, 1.807) is 6.07 Å². The van der Waals surface area contributed by atoms with Crippen LogP contribution in [0.15, 0.2) is 18.2 Å². The lowest BCUT2D eigenvalue weighted by Crippen LogP contribution is -1.67. The number of hydrogen-bond donors (Lipinski definition) is 0. The van der Waals surface area contributed by atoms with Crippen LogP contribution >= 0.6 is 34.5 Å². The molecule has 0 saturated heterocycles. The van der Waals surface area contributed by atoms with Crippen LogP contribution in [0.3, 0.4) is 0 Å². The summed E-state index contributed by atoms with van der Waals surface area (Å²) in [5.74, 6) is 0. The summed E-state index contributed by atoms with van der Waals surface area (Å²) >= 11 is 13.0. The Kier molecular flexibility index (Phi) is 1.75. The Labute approximate surface area is 77.6 Å². The van der Waals surface area contributed by atoms with Crippen LogP contribution in [0, 0.1) is 0 Å². The zero-order chi connectivity index (χ0) is 7.84. The van der Waals surface area contributed by atoms with Crippen LogP contribution in [-0.4, -0.2) is 4.98 Å². The van der Waals surface area contributed by atoms with Crippen molar-refractivity contribution in [1.29, 1.82) is 0 Å². The number of thiazole rings is 1. The van der Waals surface area contributed by atoms with Crippen LogP contribution in [0.25, 0.3) is 10.2 Å². The van der Waals surface area contributed by atoms with Crippen LogP contribution in [0.2, 0.25) is 9.49 Å². The van der Waals surface area contributed by atoms with E-state index in [0.29, 0.717) is 9.49 Å². The largest absolute Gasteiger partial charge is 0.223 e. The first-order valence-corrected chi connectivity index (χ1v) is 4.55. The molecule has 1 heterocycles. The molecule has 0 atom stereocenters. The SMILES string of the molecule is Clc1nc2c(Cl)cccc2s1. The molecule has 0 N–H and O–H groups in total. The lowest BCUT2D eigenvalue weighted by molar-refractivity contribution is 1.50. The molecular weight excluding hydrogens is 201 g/mol. The highest BCUT2D eigenvalue weighted by Crippen LogP contribution is 2.29. The molecule has 11 heavy (non-hydrogen) atoms.